The first-order chi connectivity index (χ1) is 14.0. The molecule has 150 valence electrons. The molecule has 0 saturated carbocycles. The number of anilines is 4. The van der Waals surface area contributed by atoms with E-state index in [0.717, 1.165) is 30.0 Å². The summed E-state index contributed by atoms with van der Waals surface area (Å²) >= 11 is 0. The number of benzene rings is 2. The number of rotatable bonds is 7. The van der Waals surface area contributed by atoms with Crippen molar-refractivity contribution in [2.75, 3.05) is 28.6 Å². The summed E-state index contributed by atoms with van der Waals surface area (Å²) in [5.41, 5.74) is 3.73. The summed E-state index contributed by atoms with van der Waals surface area (Å²) in [7, 11) is 0. The van der Waals surface area contributed by atoms with Crippen molar-refractivity contribution in [1.82, 2.24) is 9.97 Å². The molecule has 0 radical (unpaired) electrons. The van der Waals surface area contributed by atoms with Gasteiger partial charge in [0.05, 0.1) is 12.4 Å². The van der Waals surface area contributed by atoms with Gasteiger partial charge in [-0.25, -0.2) is 14.4 Å². The molecule has 7 heteroatoms. The number of aromatic nitrogens is 2. The van der Waals surface area contributed by atoms with E-state index in [4.69, 9.17) is 0 Å². The van der Waals surface area contributed by atoms with Gasteiger partial charge in [0.25, 0.3) is 5.91 Å². The average molecular weight is 393 g/mol. The lowest BCUT2D eigenvalue weighted by molar-refractivity contribution is 0.102. The smallest absolute Gasteiger partial charge is 0.275 e. The zero-order valence-electron chi connectivity index (χ0n) is 16.7. The Morgan fingerprint density at radius 3 is 2.34 bits per heavy atom. The van der Waals surface area contributed by atoms with Crippen LogP contribution in [-0.2, 0) is 0 Å². The van der Waals surface area contributed by atoms with Crippen molar-refractivity contribution in [2.45, 2.75) is 20.8 Å². The van der Waals surface area contributed by atoms with Crippen molar-refractivity contribution in [3.05, 3.63) is 71.9 Å². The van der Waals surface area contributed by atoms with Crippen molar-refractivity contribution in [3.8, 4) is 0 Å². The molecule has 1 aromatic heterocycles. The Bertz CT molecular complexity index is 969. The van der Waals surface area contributed by atoms with Gasteiger partial charge in [-0.15, -0.1) is 0 Å². The summed E-state index contributed by atoms with van der Waals surface area (Å²) < 4.78 is 13.0. The van der Waals surface area contributed by atoms with Crippen LogP contribution in [0.2, 0.25) is 0 Å². The molecule has 0 unspecified atom stereocenters. The molecule has 2 aromatic carbocycles. The highest BCUT2D eigenvalue weighted by Crippen LogP contribution is 2.23. The maximum atomic E-state index is 13.0. The van der Waals surface area contributed by atoms with Gasteiger partial charge in [-0.1, -0.05) is 0 Å². The van der Waals surface area contributed by atoms with Gasteiger partial charge in [-0.05, 0) is 68.8 Å². The maximum absolute atomic E-state index is 13.0. The van der Waals surface area contributed by atoms with Gasteiger partial charge in [-0.2, -0.15) is 0 Å². The minimum absolute atomic E-state index is 0.210. The van der Waals surface area contributed by atoms with Crippen molar-refractivity contribution >= 4 is 28.8 Å². The number of hydrogen-bond donors (Lipinski definition) is 2. The Morgan fingerprint density at radius 2 is 1.76 bits per heavy atom. The van der Waals surface area contributed by atoms with Gasteiger partial charge in [0, 0.05) is 30.2 Å². The SMILES string of the molecule is CCN(CC)c1ccc(NC(=O)c2cnc(Nc3ccc(F)cc3)cn2)c(C)c1. The first-order valence-corrected chi connectivity index (χ1v) is 9.51. The summed E-state index contributed by atoms with van der Waals surface area (Å²) in [6.45, 7) is 8.04. The predicted octanol–water partition coefficient (Wildman–Crippen LogP) is 4.77. The van der Waals surface area contributed by atoms with Gasteiger partial charge < -0.3 is 15.5 Å². The van der Waals surface area contributed by atoms with Crippen LogP contribution >= 0.6 is 0 Å². The molecule has 0 atom stereocenters. The lowest BCUT2D eigenvalue weighted by Crippen LogP contribution is -2.22. The number of halogens is 1. The van der Waals surface area contributed by atoms with E-state index >= 15 is 0 Å². The Labute approximate surface area is 169 Å². The molecule has 2 N–H and O–H groups in total. The number of carbonyl (C=O) groups is 1. The highest BCUT2D eigenvalue weighted by Gasteiger charge is 2.11. The largest absolute Gasteiger partial charge is 0.372 e. The predicted molar refractivity (Wildman–Crippen MR) is 114 cm³/mol. The third-order valence-corrected chi connectivity index (χ3v) is 4.59. The zero-order chi connectivity index (χ0) is 20.8. The summed E-state index contributed by atoms with van der Waals surface area (Å²) in [5, 5.41) is 5.89. The van der Waals surface area contributed by atoms with Crippen LogP contribution in [0.1, 0.15) is 29.9 Å². The number of nitrogens with one attached hydrogen (secondary N) is 2. The maximum Gasteiger partial charge on any atom is 0.275 e. The normalized spacial score (nSPS) is 10.5. The quantitative estimate of drug-likeness (QED) is 0.605. The van der Waals surface area contributed by atoms with Gasteiger partial charge in [0.2, 0.25) is 0 Å². The van der Waals surface area contributed by atoms with E-state index in [1.165, 1.54) is 24.5 Å². The minimum Gasteiger partial charge on any atom is -0.372 e. The first-order valence-electron chi connectivity index (χ1n) is 9.51. The lowest BCUT2D eigenvalue weighted by atomic mass is 10.1. The van der Waals surface area contributed by atoms with Gasteiger partial charge in [0.15, 0.2) is 0 Å². The van der Waals surface area contributed by atoms with Crippen LogP contribution in [0.3, 0.4) is 0 Å². The van der Waals surface area contributed by atoms with Crippen LogP contribution in [0.5, 0.6) is 0 Å². The molecule has 3 rings (SSSR count). The zero-order valence-corrected chi connectivity index (χ0v) is 16.7. The van der Waals surface area contributed by atoms with Gasteiger partial charge in [-0.3, -0.25) is 4.79 Å². The van der Waals surface area contributed by atoms with E-state index in [1.807, 2.05) is 19.1 Å². The Kier molecular flexibility index (Phi) is 6.39. The molecule has 6 nitrogen and oxygen atoms in total. The molecule has 0 fully saturated rings. The van der Waals surface area contributed by atoms with Crippen LogP contribution in [-0.4, -0.2) is 29.0 Å². The van der Waals surface area contributed by atoms with Crippen molar-refractivity contribution in [1.29, 1.82) is 0 Å². The van der Waals surface area contributed by atoms with Gasteiger partial charge in [0.1, 0.15) is 17.3 Å². The molecule has 1 amide bonds. The third-order valence-electron chi connectivity index (χ3n) is 4.59. The molecule has 0 saturated heterocycles. The molecule has 0 spiro atoms. The number of aryl methyl sites for hydroxylation is 1. The standard InChI is InChI=1S/C22H24FN5O/c1-4-28(5-2)18-10-11-19(15(3)12-18)27-22(29)20-13-25-21(14-24-20)26-17-8-6-16(23)7-9-17/h6-14H,4-5H2,1-3H3,(H,25,26)(H,27,29). The Balaban J connectivity index is 1.67. The summed E-state index contributed by atoms with van der Waals surface area (Å²) in [4.78, 5) is 23.1. The van der Waals surface area contributed by atoms with Crippen LogP contribution in [0.4, 0.5) is 27.3 Å². The van der Waals surface area contributed by atoms with E-state index in [-0.39, 0.29) is 17.4 Å². The second-order valence-electron chi connectivity index (χ2n) is 6.54. The summed E-state index contributed by atoms with van der Waals surface area (Å²) in [6.07, 6.45) is 2.87. The first kappa shape index (κ1) is 20.3. The number of amides is 1. The van der Waals surface area contributed by atoms with Crippen LogP contribution < -0.4 is 15.5 Å². The topological polar surface area (TPSA) is 70.2 Å². The second kappa shape index (κ2) is 9.14. The highest BCUT2D eigenvalue weighted by molar-refractivity contribution is 6.03. The second-order valence-corrected chi connectivity index (χ2v) is 6.54. The molecule has 29 heavy (non-hydrogen) atoms. The Morgan fingerprint density at radius 1 is 1.03 bits per heavy atom. The third kappa shape index (κ3) is 5.07. The number of nitrogens with zero attached hydrogens (tertiary/aromatic N) is 3. The van der Waals surface area contributed by atoms with Crippen LogP contribution in [0.25, 0.3) is 0 Å². The van der Waals surface area contributed by atoms with E-state index < -0.39 is 0 Å². The Hall–Kier alpha value is -3.48. The fraction of sp³-hybridized carbons (Fsp3) is 0.227. The van der Waals surface area contributed by atoms with E-state index in [1.54, 1.807) is 12.1 Å². The molecule has 0 aliphatic heterocycles. The summed E-state index contributed by atoms with van der Waals surface area (Å²) in [5.74, 6) is -0.175. The molecule has 0 bridgehead atoms. The fourth-order valence-electron chi connectivity index (χ4n) is 2.95. The van der Waals surface area contributed by atoms with E-state index in [0.29, 0.717) is 11.5 Å². The van der Waals surface area contributed by atoms with Crippen molar-refractivity contribution < 1.29 is 9.18 Å². The summed E-state index contributed by atoms with van der Waals surface area (Å²) in [6, 6.07) is 11.9. The fourth-order valence-corrected chi connectivity index (χ4v) is 2.95. The average Bonchev–Trinajstić information content (AvgIpc) is 2.73. The van der Waals surface area contributed by atoms with Crippen LogP contribution in [0.15, 0.2) is 54.9 Å². The monoisotopic (exact) mass is 393 g/mol. The lowest BCUT2D eigenvalue weighted by Gasteiger charge is -2.22. The van der Waals surface area contributed by atoms with Crippen molar-refractivity contribution in [3.63, 3.8) is 0 Å². The van der Waals surface area contributed by atoms with E-state index in [9.17, 15) is 9.18 Å². The highest BCUT2D eigenvalue weighted by atomic mass is 19.1. The molecule has 1 heterocycles. The molecular weight excluding hydrogens is 369 g/mol. The molecular formula is C22H24FN5O. The molecule has 3 aromatic rings. The molecule has 0 aliphatic rings. The number of hydrogen-bond acceptors (Lipinski definition) is 5. The van der Waals surface area contributed by atoms with Crippen molar-refractivity contribution in [2.24, 2.45) is 0 Å². The van der Waals surface area contributed by atoms with Crippen LogP contribution in [0, 0.1) is 12.7 Å². The minimum atomic E-state index is -0.329. The number of carbonyl (C=O) groups excluding carboxylic acids is 1. The van der Waals surface area contributed by atoms with E-state index in [2.05, 4.69) is 45.4 Å². The molecule has 0 aliphatic carbocycles. The van der Waals surface area contributed by atoms with Gasteiger partial charge >= 0.3 is 0 Å².